The third-order valence-corrected chi connectivity index (χ3v) is 3.30. The fraction of sp³-hybridized carbons (Fsp3) is 0.188. The first-order valence-corrected chi connectivity index (χ1v) is 6.49. The molecule has 1 heterocycles. The van der Waals surface area contributed by atoms with Crippen molar-refractivity contribution >= 4 is 0 Å². The molecule has 0 saturated carbocycles. The first kappa shape index (κ1) is 13.3. The van der Waals surface area contributed by atoms with Gasteiger partial charge in [0.15, 0.2) is 17.0 Å². The van der Waals surface area contributed by atoms with E-state index in [1.165, 1.54) is 0 Å². The van der Waals surface area contributed by atoms with Crippen molar-refractivity contribution in [1.82, 2.24) is 0 Å². The van der Waals surface area contributed by atoms with E-state index in [9.17, 15) is 5.26 Å². The molecule has 1 aliphatic rings. The van der Waals surface area contributed by atoms with Gasteiger partial charge >= 0.3 is 0 Å². The van der Waals surface area contributed by atoms with E-state index in [1.54, 1.807) is 18.2 Å². The highest BCUT2D eigenvalue weighted by molar-refractivity contribution is 5.47. The van der Waals surface area contributed by atoms with Crippen molar-refractivity contribution in [3.63, 3.8) is 0 Å². The summed E-state index contributed by atoms with van der Waals surface area (Å²) >= 11 is 0. The quantitative estimate of drug-likeness (QED) is 0.930. The Labute approximate surface area is 122 Å². The van der Waals surface area contributed by atoms with Crippen LogP contribution < -0.4 is 19.9 Å². The molecule has 0 aromatic heterocycles. The van der Waals surface area contributed by atoms with Crippen LogP contribution in [0.1, 0.15) is 5.56 Å². The number of hydrogen-bond acceptors (Lipinski definition) is 5. The SMILES string of the molecule is N#CC(N)(COc1ccc2c(c1)OCO2)c1ccccc1. The first-order valence-electron chi connectivity index (χ1n) is 6.49. The maximum atomic E-state index is 9.37. The zero-order valence-electron chi connectivity index (χ0n) is 11.3. The van der Waals surface area contributed by atoms with Gasteiger partial charge in [-0.15, -0.1) is 0 Å². The van der Waals surface area contributed by atoms with E-state index >= 15 is 0 Å². The summed E-state index contributed by atoms with van der Waals surface area (Å²) in [6.07, 6.45) is 0. The molecule has 5 heteroatoms. The predicted molar refractivity (Wildman–Crippen MR) is 76.0 cm³/mol. The highest BCUT2D eigenvalue weighted by Gasteiger charge is 2.28. The zero-order valence-corrected chi connectivity index (χ0v) is 11.3. The Balaban J connectivity index is 1.75. The number of benzene rings is 2. The average molecular weight is 282 g/mol. The second-order valence-corrected chi connectivity index (χ2v) is 4.75. The topological polar surface area (TPSA) is 77.5 Å². The maximum Gasteiger partial charge on any atom is 0.231 e. The second kappa shape index (κ2) is 5.35. The minimum absolute atomic E-state index is 0.0488. The summed E-state index contributed by atoms with van der Waals surface area (Å²) in [6, 6.07) is 16.6. The van der Waals surface area contributed by atoms with Gasteiger partial charge in [0.05, 0.1) is 6.07 Å². The molecule has 0 saturated heterocycles. The van der Waals surface area contributed by atoms with Crippen molar-refractivity contribution in [3.8, 4) is 23.3 Å². The molecule has 1 atom stereocenters. The van der Waals surface area contributed by atoms with Gasteiger partial charge in [0.2, 0.25) is 6.79 Å². The van der Waals surface area contributed by atoms with Gasteiger partial charge in [-0.3, -0.25) is 0 Å². The van der Waals surface area contributed by atoms with Gasteiger partial charge in [-0.25, -0.2) is 0 Å². The van der Waals surface area contributed by atoms with E-state index in [-0.39, 0.29) is 13.4 Å². The summed E-state index contributed by atoms with van der Waals surface area (Å²) in [5.41, 5.74) is 5.66. The van der Waals surface area contributed by atoms with Crippen LogP contribution in [-0.4, -0.2) is 13.4 Å². The summed E-state index contributed by atoms with van der Waals surface area (Å²) in [5, 5.41) is 9.37. The maximum absolute atomic E-state index is 9.37. The number of nitriles is 1. The highest BCUT2D eigenvalue weighted by atomic mass is 16.7. The lowest BCUT2D eigenvalue weighted by Crippen LogP contribution is -2.41. The van der Waals surface area contributed by atoms with Crippen LogP contribution in [0.4, 0.5) is 0 Å². The van der Waals surface area contributed by atoms with Gasteiger partial charge in [0.25, 0.3) is 0 Å². The van der Waals surface area contributed by atoms with Crippen molar-refractivity contribution in [2.75, 3.05) is 13.4 Å². The van der Waals surface area contributed by atoms with E-state index in [0.717, 1.165) is 0 Å². The van der Waals surface area contributed by atoms with Crippen molar-refractivity contribution in [1.29, 1.82) is 5.26 Å². The number of fused-ring (bicyclic) bond motifs is 1. The highest BCUT2D eigenvalue weighted by Crippen LogP contribution is 2.35. The minimum atomic E-state index is -1.20. The molecule has 0 aliphatic carbocycles. The minimum Gasteiger partial charge on any atom is -0.490 e. The number of nitrogens with zero attached hydrogens (tertiary/aromatic N) is 1. The molecule has 0 amide bonds. The molecule has 5 nitrogen and oxygen atoms in total. The van der Waals surface area contributed by atoms with Crippen LogP contribution in [0.25, 0.3) is 0 Å². The molecule has 21 heavy (non-hydrogen) atoms. The number of hydrogen-bond donors (Lipinski definition) is 1. The zero-order chi connectivity index (χ0) is 14.7. The molecule has 2 aromatic carbocycles. The Hall–Kier alpha value is -2.71. The summed E-state index contributed by atoms with van der Waals surface area (Å²) in [5.74, 6) is 1.90. The van der Waals surface area contributed by atoms with Gasteiger partial charge in [-0.2, -0.15) is 5.26 Å². The van der Waals surface area contributed by atoms with Gasteiger partial charge < -0.3 is 19.9 Å². The smallest absolute Gasteiger partial charge is 0.231 e. The molecular weight excluding hydrogens is 268 g/mol. The van der Waals surface area contributed by atoms with Crippen molar-refractivity contribution in [2.45, 2.75) is 5.54 Å². The average Bonchev–Trinajstić information content (AvgIpc) is 3.01. The van der Waals surface area contributed by atoms with Crippen LogP contribution in [0.3, 0.4) is 0 Å². The molecule has 3 rings (SSSR count). The Bertz CT molecular complexity index is 682. The summed E-state index contributed by atoms with van der Waals surface area (Å²) in [4.78, 5) is 0. The molecule has 2 aromatic rings. The van der Waals surface area contributed by atoms with E-state index in [0.29, 0.717) is 22.8 Å². The van der Waals surface area contributed by atoms with Gasteiger partial charge in [-0.05, 0) is 17.7 Å². The lowest BCUT2D eigenvalue weighted by atomic mass is 9.94. The monoisotopic (exact) mass is 282 g/mol. The Kier molecular flexibility index (Phi) is 3.38. The van der Waals surface area contributed by atoms with Crippen LogP contribution in [0.5, 0.6) is 17.2 Å². The second-order valence-electron chi connectivity index (χ2n) is 4.75. The van der Waals surface area contributed by atoms with Crippen LogP contribution in [0.2, 0.25) is 0 Å². The molecule has 0 spiro atoms. The molecule has 0 bridgehead atoms. The lowest BCUT2D eigenvalue weighted by Gasteiger charge is -2.22. The van der Waals surface area contributed by atoms with Crippen LogP contribution in [-0.2, 0) is 5.54 Å². The fourth-order valence-electron chi connectivity index (χ4n) is 2.08. The lowest BCUT2D eigenvalue weighted by molar-refractivity contribution is 0.173. The first-order chi connectivity index (χ1) is 10.2. The summed E-state index contributed by atoms with van der Waals surface area (Å²) in [7, 11) is 0. The van der Waals surface area contributed by atoms with Gasteiger partial charge in [-0.1, -0.05) is 30.3 Å². The molecule has 1 unspecified atom stereocenters. The molecule has 1 aliphatic heterocycles. The summed E-state index contributed by atoms with van der Waals surface area (Å²) in [6.45, 7) is 0.259. The number of ether oxygens (including phenoxy) is 3. The van der Waals surface area contributed by atoms with Crippen molar-refractivity contribution in [2.24, 2.45) is 5.73 Å². The van der Waals surface area contributed by atoms with Gasteiger partial charge in [0.1, 0.15) is 12.4 Å². The third kappa shape index (κ3) is 2.62. The molecule has 106 valence electrons. The normalized spacial score (nSPS) is 15.0. The molecule has 2 N–H and O–H groups in total. The van der Waals surface area contributed by atoms with E-state index < -0.39 is 5.54 Å². The van der Waals surface area contributed by atoms with Crippen LogP contribution in [0.15, 0.2) is 48.5 Å². The van der Waals surface area contributed by atoms with Crippen molar-refractivity contribution in [3.05, 3.63) is 54.1 Å². The van der Waals surface area contributed by atoms with E-state index in [4.69, 9.17) is 19.9 Å². The summed E-state index contributed by atoms with van der Waals surface area (Å²) < 4.78 is 16.2. The van der Waals surface area contributed by atoms with Gasteiger partial charge in [0, 0.05) is 6.07 Å². The largest absolute Gasteiger partial charge is 0.490 e. The third-order valence-electron chi connectivity index (χ3n) is 3.30. The van der Waals surface area contributed by atoms with Crippen LogP contribution >= 0.6 is 0 Å². The molecule has 0 radical (unpaired) electrons. The number of nitrogens with two attached hydrogens (primary N) is 1. The Morgan fingerprint density at radius 3 is 2.67 bits per heavy atom. The van der Waals surface area contributed by atoms with Crippen molar-refractivity contribution < 1.29 is 14.2 Å². The van der Waals surface area contributed by atoms with Crippen LogP contribution in [0, 0.1) is 11.3 Å². The fourth-order valence-corrected chi connectivity index (χ4v) is 2.08. The van der Waals surface area contributed by atoms with E-state index in [2.05, 4.69) is 6.07 Å². The Morgan fingerprint density at radius 1 is 1.14 bits per heavy atom. The predicted octanol–water partition coefficient (Wildman–Crippen LogP) is 2.17. The van der Waals surface area contributed by atoms with E-state index in [1.807, 2.05) is 30.3 Å². The Morgan fingerprint density at radius 2 is 1.90 bits per heavy atom. The standard InChI is InChI=1S/C16H14N2O3/c17-9-16(18,12-4-2-1-3-5-12)10-19-13-6-7-14-15(8-13)21-11-20-14/h1-8H,10-11,18H2. The molecular formula is C16H14N2O3. The molecule has 0 fully saturated rings. The number of rotatable bonds is 4.